The van der Waals surface area contributed by atoms with Gasteiger partial charge >= 0.3 is 6.03 Å². The number of carbonyl (C=O) groups is 1. The largest absolute Gasteiger partial charge is 0.375 e. The Kier molecular flexibility index (Phi) is 5.61. The lowest BCUT2D eigenvalue weighted by atomic mass is 9.91. The van der Waals surface area contributed by atoms with E-state index in [9.17, 15) is 4.79 Å². The highest BCUT2D eigenvalue weighted by molar-refractivity contribution is 5.90. The normalized spacial score (nSPS) is 19.6. The number of allylic oxidation sites excluding steroid dienone is 1. The molecule has 120 valence electrons. The first-order valence-electron chi connectivity index (χ1n) is 7.90. The summed E-state index contributed by atoms with van der Waals surface area (Å²) in [7, 11) is 0. The lowest BCUT2D eigenvalue weighted by Gasteiger charge is -2.26. The highest BCUT2D eigenvalue weighted by atomic mass is 16.5. The van der Waals surface area contributed by atoms with Crippen LogP contribution in [0.4, 0.5) is 10.5 Å². The SMILES string of the molecule is C=CCCc1ccccc1NC(=O)NCC1CCOC1(C)C. The maximum absolute atomic E-state index is 12.1. The van der Waals surface area contributed by atoms with Gasteiger partial charge in [0.05, 0.1) is 5.60 Å². The third-order valence-electron chi connectivity index (χ3n) is 4.32. The third kappa shape index (κ3) is 4.34. The summed E-state index contributed by atoms with van der Waals surface area (Å²) in [5.74, 6) is 0.356. The predicted octanol–water partition coefficient (Wildman–Crippen LogP) is 3.74. The summed E-state index contributed by atoms with van der Waals surface area (Å²) in [6.45, 7) is 9.30. The van der Waals surface area contributed by atoms with Crippen molar-refractivity contribution in [2.24, 2.45) is 5.92 Å². The Balaban J connectivity index is 1.88. The van der Waals surface area contributed by atoms with Gasteiger partial charge in [0.2, 0.25) is 0 Å². The van der Waals surface area contributed by atoms with E-state index in [0.717, 1.165) is 37.1 Å². The zero-order valence-corrected chi connectivity index (χ0v) is 13.5. The summed E-state index contributed by atoms with van der Waals surface area (Å²) >= 11 is 0. The van der Waals surface area contributed by atoms with Gasteiger partial charge in [0.1, 0.15) is 0 Å². The molecule has 0 aromatic heterocycles. The molecule has 4 nitrogen and oxygen atoms in total. The molecule has 22 heavy (non-hydrogen) atoms. The van der Waals surface area contributed by atoms with Gasteiger partial charge < -0.3 is 15.4 Å². The van der Waals surface area contributed by atoms with Crippen molar-refractivity contribution in [2.75, 3.05) is 18.5 Å². The van der Waals surface area contributed by atoms with E-state index in [4.69, 9.17) is 4.74 Å². The number of ether oxygens (including phenoxy) is 1. The molecule has 0 saturated carbocycles. The Labute approximate surface area is 132 Å². The molecule has 1 heterocycles. The molecule has 0 radical (unpaired) electrons. The Morgan fingerprint density at radius 2 is 2.23 bits per heavy atom. The second kappa shape index (κ2) is 7.45. The van der Waals surface area contributed by atoms with Gasteiger partial charge in [0, 0.05) is 24.8 Å². The van der Waals surface area contributed by atoms with Crippen LogP contribution < -0.4 is 10.6 Å². The fraction of sp³-hybridized carbons (Fsp3) is 0.500. The highest BCUT2D eigenvalue weighted by Crippen LogP contribution is 2.30. The van der Waals surface area contributed by atoms with Crippen molar-refractivity contribution in [3.05, 3.63) is 42.5 Å². The number of hydrogen-bond donors (Lipinski definition) is 2. The molecule has 0 aliphatic carbocycles. The predicted molar refractivity (Wildman–Crippen MR) is 90.1 cm³/mol. The first-order chi connectivity index (χ1) is 10.5. The molecule has 1 saturated heterocycles. The zero-order chi connectivity index (χ0) is 16.0. The van der Waals surface area contributed by atoms with Crippen LogP contribution in [0.1, 0.15) is 32.3 Å². The molecule has 0 bridgehead atoms. The van der Waals surface area contributed by atoms with E-state index in [2.05, 4.69) is 31.1 Å². The summed E-state index contributed by atoms with van der Waals surface area (Å²) in [5, 5.41) is 5.91. The monoisotopic (exact) mass is 302 g/mol. The quantitative estimate of drug-likeness (QED) is 0.786. The average molecular weight is 302 g/mol. The van der Waals surface area contributed by atoms with Crippen LogP contribution in [0.3, 0.4) is 0 Å². The number of hydrogen-bond acceptors (Lipinski definition) is 2. The molecular formula is C18H26N2O2. The maximum Gasteiger partial charge on any atom is 0.319 e. The zero-order valence-electron chi connectivity index (χ0n) is 13.5. The number of benzene rings is 1. The van der Waals surface area contributed by atoms with E-state index in [0.29, 0.717) is 12.5 Å². The Morgan fingerprint density at radius 3 is 2.91 bits per heavy atom. The Morgan fingerprint density at radius 1 is 1.45 bits per heavy atom. The number of aryl methyl sites for hydroxylation is 1. The number of para-hydroxylation sites is 1. The molecular weight excluding hydrogens is 276 g/mol. The van der Waals surface area contributed by atoms with Crippen molar-refractivity contribution in [3.8, 4) is 0 Å². The molecule has 1 aliphatic rings. The molecule has 1 aliphatic heterocycles. The third-order valence-corrected chi connectivity index (χ3v) is 4.32. The molecule has 2 rings (SSSR count). The molecule has 1 aromatic carbocycles. The van der Waals surface area contributed by atoms with Gasteiger partial charge in [-0.25, -0.2) is 4.79 Å². The van der Waals surface area contributed by atoms with Crippen LogP contribution in [0.2, 0.25) is 0 Å². The van der Waals surface area contributed by atoms with Gasteiger partial charge in [-0.1, -0.05) is 24.3 Å². The standard InChI is InChI=1S/C18H26N2O2/c1-4-5-8-14-9-6-7-10-16(14)20-17(21)19-13-15-11-12-22-18(15,2)3/h4,6-7,9-10,15H,1,5,8,11-13H2,2-3H3,(H2,19,20,21). The number of nitrogens with one attached hydrogen (secondary N) is 2. The summed E-state index contributed by atoms with van der Waals surface area (Å²) in [5.41, 5.74) is 1.83. The van der Waals surface area contributed by atoms with Crippen LogP contribution >= 0.6 is 0 Å². The number of carbonyl (C=O) groups excluding carboxylic acids is 1. The van der Waals surface area contributed by atoms with Crippen molar-refractivity contribution >= 4 is 11.7 Å². The summed E-state index contributed by atoms with van der Waals surface area (Å²) in [4.78, 5) is 12.1. The molecule has 4 heteroatoms. The van der Waals surface area contributed by atoms with Crippen LogP contribution in [0.25, 0.3) is 0 Å². The Hall–Kier alpha value is -1.81. The molecule has 1 unspecified atom stereocenters. The smallest absolute Gasteiger partial charge is 0.319 e. The van der Waals surface area contributed by atoms with Crippen molar-refractivity contribution in [1.82, 2.24) is 5.32 Å². The van der Waals surface area contributed by atoms with E-state index in [1.165, 1.54) is 0 Å². The van der Waals surface area contributed by atoms with Crippen LogP contribution in [0.5, 0.6) is 0 Å². The van der Waals surface area contributed by atoms with Gasteiger partial charge in [-0.2, -0.15) is 0 Å². The van der Waals surface area contributed by atoms with Crippen molar-refractivity contribution in [1.29, 1.82) is 0 Å². The lowest BCUT2D eigenvalue weighted by Crippen LogP contribution is -2.39. The van der Waals surface area contributed by atoms with Crippen LogP contribution in [-0.2, 0) is 11.2 Å². The number of amides is 2. The summed E-state index contributed by atoms with van der Waals surface area (Å²) in [6, 6.07) is 7.72. The van der Waals surface area contributed by atoms with Crippen LogP contribution in [0, 0.1) is 5.92 Å². The van der Waals surface area contributed by atoms with E-state index in [-0.39, 0.29) is 11.6 Å². The van der Waals surface area contributed by atoms with Gasteiger partial charge in [-0.3, -0.25) is 0 Å². The summed E-state index contributed by atoms with van der Waals surface area (Å²) < 4.78 is 5.69. The molecule has 0 spiro atoms. The minimum atomic E-state index is -0.159. The van der Waals surface area contributed by atoms with Gasteiger partial charge in [-0.05, 0) is 44.7 Å². The van der Waals surface area contributed by atoms with E-state index in [1.807, 2.05) is 30.3 Å². The van der Waals surface area contributed by atoms with E-state index in [1.54, 1.807) is 0 Å². The molecule has 2 N–H and O–H groups in total. The van der Waals surface area contributed by atoms with Gasteiger partial charge in [0.15, 0.2) is 0 Å². The van der Waals surface area contributed by atoms with Crippen LogP contribution in [0.15, 0.2) is 36.9 Å². The van der Waals surface area contributed by atoms with Crippen molar-refractivity contribution in [3.63, 3.8) is 0 Å². The molecule has 1 fully saturated rings. The van der Waals surface area contributed by atoms with E-state index < -0.39 is 0 Å². The van der Waals surface area contributed by atoms with Gasteiger partial charge in [-0.15, -0.1) is 6.58 Å². The fourth-order valence-electron chi connectivity index (χ4n) is 2.78. The Bertz CT molecular complexity index is 526. The highest BCUT2D eigenvalue weighted by Gasteiger charge is 2.35. The molecule has 1 aromatic rings. The molecule has 2 amide bonds. The average Bonchev–Trinajstić information content (AvgIpc) is 2.83. The van der Waals surface area contributed by atoms with Gasteiger partial charge in [0.25, 0.3) is 0 Å². The molecule has 1 atom stereocenters. The topological polar surface area (TPSA) is 50.4 Å². The second-order valence-corrected chi connectivity index (χ2v) is 6.26. The minimum Gasteiger partial charge on any atom is -0.375 e. The summed E-state index contributed by atoms with van der Waals surface area (Å²) in [6.07, 6.45) is 4.65. The van der Waals surface area contributed by atoms with Crippen LogP contribution in [-0.4, -0.2) is 24.8 Å². The minimum absolute atomic E-state index is 0.158. The number of anilines is 1. The fourth-order valence-corrected chi connectivity index (χ4v) is 2.78. The lowest BCUT2D eigenvalue weighted by molar-refractivity contribution is 0.0121. The first kappa shape index (κ1) is 16.6. The second-order valence-electron chi connectivity index (χ2n) is 6.26. The van der Waals surface area contributed by atoms with E-state index >= 15 is 0 Å². The van der Waals surface area contributed by atoms with Crippen molar-refractivity contribution in [2.45, 2.75) is 38.7 Å². The number of rotatable bonds is 6. The number of urea groups is 1. The first-order valence-corrected chi connectivity index (χ1v) is 7.90. The maximum atomic E-state index is 12.1. The van der Waals surface area contributed by atoms with Crippen molar-refractivity contribution < 1.29 is 9.53 Å².